The maximum absolute atomic E-state index is 5.32. The SMILES string of the molecule is SN1c2ccccc2-c2ccccc2C2c3ccccc3-c3ccccc3N2c2ccc(N(c3ccccc3)c3ccccc3)cc2-c2ccccc21. The Morgan fingerprint density at radius 1 is 0.340 bits per heavy atom. The molecule has 2 aliphatic heterocycles. The second-order valence-corrected chi connectivity index (χ2v) is 13.9. The predicted octanol–water partition coefficient (Wildman–Crippen LogP) is 13.7. The van der Waals surface area contributed by atoms with E-state index in [0.29, 0.717) is 0 Å². The Morgan fingerprint density at radius 2 is 0.736 bits per heavy atom. The van der Waals surface area contributed by atoms with Gasteiger partial charge in [0.15, 0.2) is 0 Å². The molecule has 8 aromatic carbocycles. The van der Waals surface area contributed by atoms with Gasteiger partial charge in [-0.3, -0.25) is 4.31 Å². The number of nitrogens with zero attached hydrogens (tertiary/aromatic N) is 3. The molecule has 0 amide bonds. The average molecular weight is 698 g/mol. The van der Waals surface area contributed by atoms with Crippen LogP contribution in [0.2, 0.25) is 0 Å². The van der Waals surface area contributed by atoms with Crippen LogP contribution in [0, 0.1) is 0 Å². The van der Waals surface area contributed by atoms with Crippen molar-refractivity contribution in [1.29, 1.82) is 0 Å². The zero-order valence-corrected chi connectivity index (χ0v) is 29.8. The summed E-state index contributed by atoms with van der Waals surface area (Å²) in [7, 11) is 0. The molecule has 4 heteroatoms. The third kappa shape index (κ3) is 5.14. The highest BCUT2D eigenvalue weighted by atomic mass is 32.1. The molecule has 0 saturated carbocycles. The molecule has 2 aliphatic rings. The first-order chi connectivity index (χ1) is 26.3. The van der Waals surface area contributed by atoms with Crippen LogP contribution in [0.3, 0.4) is 0 Å². The predicted molar refractivity (Wildman–Crippen MR) is 225 cm³/mol. The van der Waals surface area contributed by atoms with Crippen LogP contribution in [0.4, 0.5) is 39.8 Å². The first-order valence-corrected chi connectivity index (χ1v) is 18.4. The summed E-state index contributed by atoms with van der Waals surface area (Å²) < 4.78 is 2.07. The summed E-state index contributed by atoms with van der Waals surface area (Å²) in [6, 6.07) is 72.1. The van der Waals surface area contributed by atoms with E-state index in [1.807, 2.05) is 0 Å². The molecule has 1 atom stereocenters. The van der Waals surface area contributed by atoms with E-state index < -0.39 is 0 Å². The van der Waals surface area contributed by atoms with E-state index in [1.54, 1.807) is 0 Å². The second kappa shape index (κ2) is 12.9. The maximum Gasteiger partial charge on any atom is 0.0857 e. The van der Waals surface area contributed by atoms with Crippen LogP contribution in [-0.4, -0.2) is 0 Å². The van der Waals surface area contributed by atoms with Crippen LogP contribution in [0.15, 0.2) is 200 Å². The van der Waals surface area contributed by atoms with Crippen molar-refractivity contribution in [2.75, 3.05) is 14.1 Å². The Bertz CT molecular complexity index is 2580. The number of para-hydroxylation sites is 5. The fourth-order valence-corrected chi connectivity index (χ4v) is 8.67. The largest absolute Gasteiger partial charge is 0.329 e. The van der Waals surface area contributed by atoms with E-state index in [-0.39, 0.29) is 6.04 Å². The molecular weight excluding hydrogens is 663 g/mol. The minimum absolute atomic E-state index is 0.118. The van der Waals surface area contributed by atoms with Crippen LogP contribution in [0.25, 0.3) is 33.4 Å². The smallest absolute Gasteiger partial charge is 0.0857 e. The van der Waals surface area contributed by atoms with Gasteiger partial charge in [0.2, 0.25) is 0 Å². The van der Waals surface area contributed by atoms with Gasteiger partial charge in [-0.1, -0.05) is 152 Å². The summed E-state index contributed by atoms with van der Waals surface area (Å²) in [6.45, 7) is 0. The molecular formula is C49H35N3S. The lowest BCUT2D eigenvalue weighted by Crippen LogP contribution is -2.30. The molecule has 3 nitrogen and oxygen atoms in total. The molecule has 0 N–H and O–H groups in total. The molecule has 252 valence electrons. The minimum Gasteiger partial charge on any atom is -0.329 e. The lowest BCUT2D eigenvalue weighted by atomic mass is 9.81. The summed E-state index contributed by atoms with van der Waals surface area (Å²) >= 11 is 5.32. The van der Waals surface area contributed by atoms with Crippen LogP contribution < -0.4 is 14.1 Å². The second-order valence-electron chi connectivity index (χ2n) is 13.5. The van der Waals surface area contributed by atoms with Gasteiger partial charge in [-0.15, -0.1) is 0 Å². The van der Waals surface area contributed by atoms with Crippen molar-refractivity contribution in [3.63, 3.8) is 0 Å². The highest BCUT2D eigenvalue weighted by molar-refractivity contribution is 7.82. The number of thiol groups is 1. The fourth-order valence-electron chi connectivity index (χ4n) is 8.32. The van der Waals surface area contributed by atoms with Crippen molar-refractivity contribution in [3.8, 4) is 33.4 Å². The van der Waals surface area contributed by atoms with Crippen LogP contribution in [0.5, 0.6) is 0 Å². The quantitative estimate of drug-likeness (QED) is 0.184. The molecule has 0 saturated heterocycles. The topological polar surface area (TPSA) is 9.72 Å². The van der Waals surface area contributed by atoms with Crippen molar-refractivity contribution < 1.29 is 0 Å². The molecule has 8 aromatic rings. The summed E-state index contributed by atoms with van der Waals surface area (Å²) in [6.07, 6.45) is 0. The van der Waals surface area contributed by atoms with Gasteiger partial charge >= 0.3 is 0 Å². The summed E-state index contributed by atoms with van der Waals surface area (Å²) in [4.78, 5) is 4.92. The molecule has 0 fully saturated rings. The molecule has 1 unspecified atom stereocenters. The van der Waals surface area contributed by atoms with Crippen molar-refractivity contribution in [3.05, 3.63) is 211 Å². The first kappa shape index (κ1) is 31.3. The summed E-state index contributed by atoms with van der Waals surface area (Å²) in [5.41, 5.74) is 17.1. The van der Waals surface area contributed by atoms with Crippen molar-refractivity contribution in [2.45, 2.75) is 6.04 Å². The molecule has 0 bridgehead atoms. The third-order valence-corrected chi connectivity index (χ3v) is 11.0. The Kier molecular flexibility index (Phi) is 7.63. The van der Waals surface area contributed by atoms with Gasteiger partial charge in [0.05, 0.1) is 23.1 Å². The summed E-state index contributed by atoms with van der Waals surface area (Å²) in [5, 5.41) is 0. The molecule has 2 heterocycles. The van der Waals surface area contributed by atoms with E-state index in [1.165, 1.54) is 33.5 Å². The Labute approximate surface area is 316 Å². The standard InChI is InChI=1S/C49H35N3S/c53-52-47-29-15-12-24-40(47)38-22-8-10-27-43(38)49-42-26-9-7-21-37(42)39-23-11-14-28-45(39)51(49)46-32-31-36(33-44(46)41-25-13-16-30-48(41)52)50(34-17-3-1-4-18-34)35-19-5-2-6-20-35/h1-33,49,53H. The van der Waals surface area contributed by atoms with E-state index in [4.69, 9.17) is 12.8 Å². The van der Waals surface area contributed by atoms with Gasteiger partial charge in [-0.05, 0) is 82.9 Å². The van der Waals surface area contributed by atoms with Crippen molar-refractivity contribution in [1.82, 2.24) is 0 Å². The third-order valence-electron chi connectivity index (χ3n) is 10.6. The van der Waals surface area contributed by atoms with Crippen LogP contribution in [-0.2, 0) is 0 Å². The van der Waals surface area contributed by atoms with E-state index in [9.17, 15) is 0 Å². The number of fused-ring (bicyclic) bond motifs is 14. The summed E-state index contributed by atoms with van der Waals surface area (Å²) in [5.74, 6) is 0. The maximum atomic E-state index is 5.32. The number of benzene rings is 8. The lowest BCUT2D eigenvalue weighted by Gasteiger charge is -2.42. The van der Waals surface area contributed by atoms with Crippen LogP contribution in [0.1, 0.15) is 17.2 Å². The fraction of sp³-hybridized carbons (Fsp3) is 0.0204. The van der Waals surface area contributed by atoms with Crippen molar-refractivity contribution >= 4 is 52.6 Å². The number of rotatable bonds is 3. The Balaban J connectivity index is 1.34. The number of hydrogen-bond acceptors (Lipinski definition) is 4. The molecule has 53 heavy (non-hydrogen) atoms. The molecule has 10 rings (SSSR count). The normalized spacial score (nSPS) is 13.9. The van der Waals surface area contributed by atoms with Crippen molar-refractivity contribution in [2.24, 2.45) is 0 Å². The van der Waals surface area contributed by atoms with E-state index >= 15 is 0 Å². The molecule has 0 aromatic heterocycles. The Morgan fingerprint density at radius 3 is 1.28 bits per heavy atom. The van der Waals surface area contributed by atoms with Gasteiger partial charge < -0.3 is 9.80 Å². The van der Waals surface area contributed by atoms with Gasteiger partial charge in [-0.25, -0.2) is 0 Å². The molecule has 0 spiro atoms. The lowest BCUT2D eigenvalue weighted by molar-refractivity contribution is 0.813. The molecule has 0 aliphatic carbocycles. The number of anilines is 7. The molecule has 0 radical (unpaired) electrons. The van der Waals surface area contributed by atoms with Gasteiger partial charge in [0.1, 0.15) is 0 Å². The zero-order valence-electron chi connectivity index (χ0n) is 28.9. The van der Waals surface area contributed by atoms with Gasteiger partial charge in [0, 0.05) is 45.0 Å². The zero-order chi connectivity index (χ0) is 35.3. The van der Waals surface area contributed by atoms with Gasteiger partial charge in [-0.2, -0.15) is 0 Å². The highest BCUT2D eigenvalue weighted by Crippen LogP contribution is 2.56. The minimum atomic E-state index is -0.118. The highest BCUT2D eigenvalue weighted by Gasteiger charge is 2.37. The Hall–Kier alpha value is -6.49. The van der Waals surface area contributed by atoms with E-state index in [2.05, 4.69) is 214 Å². The first-order valence-electron chi connectivity index (χ1n) is 18.0. The monoisotopic (exact) mass is 697 g/mol. The average Bonchev–Trinajstić information content (AvgIpc) is 3.25. The number of hydrogen-bond donors (Lipinski definition) is 1. The van der Waals surface area contributed by atoms with Gasteiger partial charge in [0.25, 0.3) is 0 Å². The van der Waals surface area contributed by atoms with Crippen LogP contribution >= 0.6 is 12.8 Å². The van der Waals surface area contributed by atoms with E-state index in [0.717, 1.165) is 50.8 Å².